The average Bonchev–Trinajstić information content (AvgIpc) is 2.41. The molecular formula is C14H15Cl3O2. The summed E-state index contributed by atoms with van der Waals surface area (Å²) in [7, 11) is 0. The van der Waals surface area contributed by atoms with Gasteiger partial charge < -0.3 is 4.74 Å². The van der Waals surface area contributed by atoms with Gasteiger partial charge in [-0.2, -0.15) is 0 Å². The van der Waals surface area contributed by atoms with Crippen LogP contribution >= 0.6 is 34.8 Å². The van der Waals surface area contributed by atoms with Crippen molar-refractivity contribution in [2.75, 3.05) is 12.5 Å². The number of carbonyl (C=O) groups is 1. The Morgan fingerprint density at radius 2 is 1.95 bits per heavy atom. The van der Waals surface area contributed by atoms with Crippen LogP contribution in [0.4, 0.5) is 0 Å². The van der Waals surface area contributed by atoms with Crippen LogP contribution in [0.2, 0.25) is 0 Å². The second-order valence-electron chi connectivity index (χ2n) is 3.86. The largest absolute Gasteiger partial charge is 0.464 e. The molecule has 19 heavy (non-hydrogen) atoms. The summed E-state index contributed by atoms with van der Waals surface area (Å²) in [4.78, 5) is 11.6. The first-order valence-corrected chi connectivity index (χ1v) is 7.15. The van der Waals surface area contributed by atoms with Crippen molar-refractivity contribution in [3.8, 4) is 0 Å². The topological polar surface area (TPSA) is 26.3 Å². The van der Waals surface area contributed by atoms with E-state index in [1.165, 1.54) is 0 Å². The lowest BCUT2D eigenvalue weighted by Crippen LogP contribution is -2.27. The second-order valence-corrected chi connectivity index (χ2v) is 5.61. The van der Waals surface area contributed by atoms with Gasteiger partial charge >= 0.3 is 5.97 Å². The van der Waals surface area contributed by atoms with Gasteiger partial charge in [0.2, 0.25) is 4.33 Å². The van der Waals surface area contributed by atoms with Crippen LogP contribution in [-0.4, -0.2) is 22.8 Å². The van der Waals surface area contributed by atoms with Crippen molar-refractivity contribution in [2.24, 2.45) is 0 Å². The maximum absolute atomic E-state index is 11.6. The van der Waals surface area contributed by atoms with Gasteiger partial charge in [0.15, 0.2) is 0 Å². The molecule has 104 valence electrons. The number of hydrogen-bond donors (Lipinski definition) is 0. The predicted octanol–water partition coefficient (Wildman–Crippen LogP) is 4.44. The summed E-state index contributed by atoms with van der Waals surface area (Å²) < 4.78 is 3.23. The van der Waals surface area contributed by atoms with E-state index in [2.05, 4.69) is 0 Å². The van der Waals surface area contributed by atoms with E-state index in [9.17, 15) is 4.79 Å². The number of hydrogen-bond acceptors (Lipinski definition) is 2. The lowest BCUT2D eigenvalue weighted by Gasteiger charge is -2.16. The highest BCUT2D eigenvalue weighted by molar-refractivity contribution is 6.57. The summed E-state index contributed by atoms with van der Waals surface area (Å²) in [5.74, 6) is -0.326. The molecule has 0 aliphatic carbocycles. The molecule has 0 heterocycles. The Labute approximate surface area is 128 Å². The number of benzene rings is 1. The Kier molecular flexibility index (Phi) is 6.70. The fraction of sp³-hybridized carbons (Fsp3) is 0.357. The second kappa shape index (κ2) is 7.78. The fourth-order valence-electron chi connectivity index (χ4n) is 1.47. The minimum Gasteiger partial charge on any atom is -0.464 e. The highest BCUT2D eigenvalue weighted by atomic mass is 35.5. The average molecular weight is 322 g/mol. The molecule has 0 amide bonds. The highest BCUT2D eigenvalue weighted by Crippen LogP contribution is 2.29. The number of allylic oxidation sites excluding steroid dienone is 2. The van der Waals surface area contributed by atoms with Gasteiger partial charge in [0.05, 0.1) is 6.61 Å². The quantitative estimate of drug-likeness (QED) is 0.572. The molecule has 1 aromatic carbocycles. The summed E-state index contributed by atoms with van der Waals surface area (Å²) in [6.45, 7) is 1.94. The van der Waals surface area contributed by atoms with E-state index in [0.717, 1.165) is 11.1 Å². The first kappa shape index (κ1) is 16.4. The Hall–Kier alpha value is -0.700. The summed E-state index contributed by atoms with van der Waals surface area (Å²) in [6, 6.07) is 9.61. The van der Waals surface area contributed by atoms with Gasteiger partial charge in [0.1, 0.15) is 0 Å². The van der Waals surface area contributed by atoms with Crippen molar-refractivity contribution < 1.29 is 9.53 Å². The summed E-state index contributed by atoms with van der Waals surface area (Å²) in [5.41, 5.74) is 1.85. The van der Waals surface area contributed by atoms with Crippen molar-refractivity contribution in [1.82, 2.24) is 0 Å². The van der Waals surface area contributed by atoms with E-state index in [1.807, 2.05) is 30.3 Å². The molecule has 1 aromatic rings. The van der Waals surface area contributed by atoms with Crippen LogP contribution in [0.15, 0.2) is 36.4 Å². The van der Waals surface area contributed by atoms with E-state index in [4.69, 9.17) is 39.5 Å². The minimum atomic E-state index is -1.58. The maximum Gasteiger partial charge on any atom is 0.342 e. The van der Waals surface area contributed by atoms with Crippen molar-refractivity contribution in [3.63, 3.8) is 0 Å². The third-order valence-corrected chi connectivity index (χ3v) is 3.37. The van der Waals surface area contributed by atoms with Gasteiger partial charge in [-0.15, -0.1) is 11.6 Å². The van der Waals surface area contributed by atoms with Gasteiger partial charge in [0, 0.05) is 12.3 Å². The molecule has 0 aliphatic heterocycles. The van der Waals surface area contributed by atoms with Crippen molar-refractivity contribution in [2.45, 2.75) is 17.7 Å². The van der Waals surface area contributed by atoms with E-state index in [1.54, 1.807) is 13.0 Å². The minimum absolute atomic E-state index is 0.145. The van der Waals surface area contributed by atoms with Gasteiger partial charge in [0.25, 0.3) is 0 Å². The number of esters is 1. The predicted molar refractivity (Wildman–Crippen MR) is 80.8 cm³/mol. The van der Waals surface area contributed by atoms with E-state index in [0.29, 0.717) is 5.88 Å². The summed E-state index contributed by atoms with van der Waals surface area (Å²) in [6.07, 6.45) is 1.91. The molecule has 0 spiro atoms. The number of alkyl halides is 3. The molecule has 0 aliphatic rings. The lowest BCUT2D eigenvalue weighted by atomic mass is 10.1. The van der Waals surface area contributed by atoms with Crippen LogP contribution in [-0.2, 0) is 9.53 Å². The zero-order valence-corrected chi connectivity index (χ0v) is 12.8. The Balaban J connectivity index is 2.81. The third kappa shape index (κ3) is 5.06. The molecule has 2 nitrogen and oxygen atoms in total. The van der Waals surface area contributed by atoms with E-state index >= 15 is 0 Å². The SMILES string of the molecule is CCOC(=O)C(Cl)(Cl)C/C=C(/CCl)c1ccccc1. The molecular weight excluding hydrogens is 307 g/mol. The zero-order chi connectivity index (χ0) is 14.3. The third-order valence-electron chi connectivity index (χ3n) is 2.47. The maximum atomic E-state index is 11.6. The highest BCUT2D eigenvalue weighted by Gasteiger charge is 2.34. The van der Waals surface area contributed by atoms with Gasteiger partial charge in [-0.25, -0.2) is 4.79 Å². The molecule has 0 bridgehead atoms. The number of rotatable bonds is 6. The molecule has 0 saturated heterocycles. The molecule has 0 saturated carbocycles. The number of halogens is 3. The van der Waals surface area contributed by atoms with Crippen LogP contribution in [0, 0.1) is 0 Å². The molecule has 0 atom stereocenters. The monoisotopic (exact) mass is 320 g/mol. The van der Waals surface area contributed by atoms with E-state index < -0.39 is 10.3 Å². The summed E-state index contributed by atoms with van der Waals surface area (Å²) >= 11 is 17.8. The smallest absolute Gasteiger partial charge is 0.342 e. The Morgan fingerprint density at radius 1 is 1.32 bits per heavy atom. The van der Waals surface area contributed by atoms with Crippen molar-refractivity contribution in [1.29, 1.82) is 0 Å². The Bertz CT molecular complexity index is 441. The van der Waals surface area contributed by atoms with Crippen LogP contribution < -0.4 is 0 Å². The number of carbonyl (C=O) groups excluding carboxylic acids is 1. The fourth-order valence-corrected chi connectivity index (χ4v) is 2.00. The van der Waals surface area contributed by atoms with Crippen LogP contribution in [0.3, 0.4) is 0 Å². The lowest BCUT2D eigenvalue weighted by molar-refractivity contribution is -0.143. The standard InChI is InChI=1S/C14H15Cl3O2/c1-2-19-13(18)14(16,17)9-8-12(10-15)11-6-4-3-5-7-11/h3-8H,2,9-10H2,1H3/b12-8-. The molecule has 5 heteroatoms. The molecule has 0 aromatic heterocycles. The molecule has 0 unspecified atom stereocenters. The van der Waals surface area contributed by atoms with Gasteiger partial charge in [-0.05, 0) is 18.1 Å². The molecule has 0 fully saturated rings. The normalized spacial score (nSPS) is 12.3. The Morgan fingerprint density at radius 3 is 2.47 bits per heavy atom. The molecule has 1 rings (SSSR count). The van der Waals surface area contributed by atoms with Gasteiger partial charge in [-0.1, -0.05) is 59.6 Å². The first-order valence-electron chi connectivity index (χ1n) is 5.86. The zero-order valence-electron chi connectivity index (χ0n) is 10.5. The van der Waals surface area contributed by atoms with Gasteiger partial charge in [-0.3, -0.25) is 0 Å². The first-order chi connectivity index (χ1) is 9.01. The van der Waals surface area contributed by atoms with Crippen LogP contribution in [0.1, 0.15) is 18.9 Å². The van der Waals surface area contributed by atoms with Crippen molar-refractivity contribution in [3.05, 3.63) is 42.0 Å². The van der Waals surface area contributed by atoms with E-state index in [-0.39, 0.29) is 13.0 Å². The molecule has 0 radical (unpaired) electrons. The van der Waals surface area contributed by atoms with Crippen LogP contribution in [0.25, 0.3) is 5.57 Å². The summed E-state index contributed by atoms with van der Waals surface area (Å²) in [5, 5.41) is 0. The number of ether oxygens (including phenoxy) is 1. The van der Waals surface area contributed by atoms with Crippen molar-refractivity contribution >= 4 is 46.3 Å². The van der Waals surface area contributed by atoms with Crippen LogP contribution in [0.5, 0.6) is 0 Å². The molecule has 0 N–H and O–H groups in total.